The molecule has 4 nitrogen and oxygen atoms in total. The van der Waals surface area contributed by atoms with Crippen molar-refractivity contribution in [2.24, 2.45) is 5.41 Å². The number of ketones is 1. The normalized spacial score (nSPS) is 16.8. The molecule has 3 aromatic rings. The predicted molar refractivity (Wildman–Crippen MR) is 112 cm³/mol. The minimum absolute atomic E-state index is 0.0439. The van der Waals surface area contributed by atoms with Crippen molar-refractivity contribution in [1.29, 1.82) is 0 Å². The lowest BCUT2D eigenvalue weighted by Crippen LogP contribution is -2.10. The van der Waals surface area contributed by atoms with Gasteiger partial charge in [0.05, 0.1) is 4.90 Å². The number of allylic oxidation sites excluding steroid dienone is 2. The summed E-state index contributed by atoms with van der Waals surface area (Å²) in [6.07, 6.45) is 1.53. The van der Waals surface area contributed by atoms with Gasteiger partial charge in [-0.1, -0.05) is 26.0 Å². The summed E-state index contributed by atoms with van der Waals surface area (Å²) in [5.41, 5.74) is 1.21. The van der Waals surface area contributed by atoms with E-state index in [1.807, 2.05) is 43.5 Å². The van der Waals surface area contributed by atoms with Gasteiger partial charge in [0.15, 0.2) is 21.4 Å². The van der Waals surface area contributed by atoms with Crippen LogP contribution in [0.25, 0.3) is 15.7 Å². The minimum atomic E-state index is -3.27. The Balaban J connectivity index is 1.79. The topological polar surface area (TPSA) is 60.4 Å². The smallest absolute Gasteiger partial charge is 0.199 e. The summed E-state index contributed by atoms with van der Waals surface area (Å²) in [7, 11) is -3.27. The van der Waals surface area contributed by atoms with Crippen molar-refractivity contribution < 1.29 is 17.9 Å². The molecule has 0 saturated heterocycles. The van der Waals surface area contributed by atoms with Gasteiger partial charge in [-0.05, 0) is 52.7 Å². The maximum atomic E-state index is 12.7. The fourth-order valence-corrected chi connectivity index (χ4v) is 5.04. The summed E-state index contributed by atoms with van der Waals surface area (Å²) in [6.45, 7) is 4.01. The van der Waals surface area contributed by atoms with Crippen LogP contribution in [0.4, 0.5) is 0 Å². The Morgan fingerprint density at radius 2 is 1.75 bits per heavy atom. The Morgan fingerprint density at radius 3 is 2.43 bits per heavy atom. The molecule has 0 radical (unpaired) electrons. The van der Waals surface area contributed by atoms with Crippen molar-refractivity contribution in [3.63, 3.8) is 0 Å². The van der Waals surface area contributed by atoms with Gasteiger partial charge in [-0.25, -0.2) is 8.42 Å². The third kappa shape index (κ3) is 3.38. The van der Waals surface area contributed by atoms with Crippen LogP contribution in [-0.4, -0.2) is 20.5 Å². The molecule has 1 heterocycles. The summed E-state index contributed by atoms with van der Waals surface area (Å²) in [5, 5.41) is 3.10. The van der Waals surface area contributed by atoms with Crippen molar-refractivity contribution >= 4 is 42.6 Å². The maximum absolute atomic E-state index is 12.7. The second-order valence-corrected chi connectivity index (χ2v) is 10.7. The van der Waals surface area contributed by atoms with Crippen molar-refractivity contribution in [2.45, 2.75) is 25.2 Å². The molecule has 1 aliphatic rings. The van der Waals surface area contributed by atoms with Crippen LogP contribution >= 0.6 is 11.3 Å². The Hall–Kier alpha value is -2.44. The first kappa shape index (κ1) is 18.9. The average molecular weight is 413 g/mol. The van der Waals surface area contributed by atoms with Crippen molar-refractivity contribution in [3.05, 3.63) is 65.2 Å². The Kier molecular flexibility index (Phi) is 4.43. The highest BCUT2D eigenvalue weighted by molar-refractivity contribution is 7.90. The molecule has 6 heteroatoms. The van der Waals surface area contributed by atoms with Gasteiger partial charge in [-0.15, -0.1) is 11.3 Å². The highest BCUT2D eigenvalue weighted by Gasteiger charge is 2.41. The van der Waals surface area contributed by atoms with E-state index >= 15 is 0 Å². The van der Waals surface area contributed by atoms with E-state index in [1.54, 1.807) is 35.6 Å². The van der Waals surface area contributed by atoms with E-state index in [0.717, 1.165) is 21.2 Å². The Bertz CT molecular complexity index is 1210. The van der Waals surface area contributed by atoms with Gasteiger partial charge < -0.3 is 4.74 Å². The van der Waals surface area contributed by atoms with Crippen LogP contribution in [-0.2, 0) is 14.6 Å². The van der Waals surface area contributed by atoms with Gasteiger partial charge in [0.2, 0.25) is 0 Å². The van der Waals surface area contributed by atoms with Gasteiger partial charge in [-0.2, -0.15) is 0 Å². The number of thiophene rings is 1. The number of fused-ring (bicyclic) bond motifs is 1. The largest absolute Gasteiger partial charge is 0.453 e. The van der Waals surface area contributed by atoms with Crippen LogP contribution in [0, 0.1) is 5.41 Å². The molecule has 0 spiro atoms. The van der Waals surface area contributed by atoms with Gasteiger partial charge >= 0.3 is 0 Å². The molecule has 0 unspecified atom stereocenters. The zero-order chi connectivity index (χ0) is 20.1. The summed E-state index contributed by atoms with van der Waals surface area (Å²) in [5.74, 6) is 0.918. The lowest BCUT2D eigenvalue weighted by molar-refractivity contribution is -0.117. The lowest BCUT2D eigenvalue weighted by atomic mass is 9.82. The quantitative estimate of drug-likeness (QED) is 0.599. The summed E-state index contributed by atoms with van der Waals surface area (Å²) in [4.78, 5) is 13.0. The Morgan fingerprint density at radius 1 is 1.04 bits per heavy atom. The zero-order valence-electron chi connectivity index (χ0n) is 15.9. The van der Waals surface area contributed by atoms with Crippen molar-refractivity contribution in [1.82, 2.24) is 0 Å². The molecule has 0 bridgehead atoms. The molecule has 1 aromatic heterocycles. The monoisotopic (exact) mass is 412 g/mol. The van der Waals surface area contributed by atoms with E-state index in [-0.39, 0.29) is 10.7 Å². The predicted octanol–water partition coefficient (Wildman–Crippen LogP) is 5.09. The van der Waals surface area contributed by atoms with Crippen LogP contribution < -0.4 is 4.74 Å². The number of benzene rings is 2. The highest BCUT2D eigenvalue weighted by Crippen LogP contribution is 2.47. The van der Waals surface area contributed by atoms with E-state index in [4.69, 9.17) is 4.74 Å². The van der Waals surface area contributed by atoms with Crippen LogP contribution in [0.3, 0.4) is 0 Å². The summed E-state index contributed by atoms with van der Waals surface area (Å²) >= 11 is 1.66. The molecule has 4 rings (SSSR count). The first-order valence-corrected chi connectivity index (χ1v) is 11.7. The van der Waals surface area contributed by atoms with Crippen LogP contribution in [0.1, 0.15) is 25.8 Å². The summed E-state index contributed by atoms with van der Waals surface area (Å²) < 4.78 is 30.7. The van der Waals surface area contributed by atoms with E-state index in [0.29, 0.717) is 17.9 Å². The van der Waals surface area contributed by atoms with Crippen molar-refractivity contribution in [2.75, 3.05) is 6.26 Å². The molecule has 0 amide bonds. The average Bonchev–Trinajstić information content (AvgIpc) is 3.16. The molecule has 28 heavy (non-hydrogen) atoms. The molecular weight excluding hydrogens is 392 g/mol. The van der Waals surface area contributed by atoms with E-state index < -0.39 is 15.3 Å². The molecule has 0 atom stereocenters. The second-order valence-electron chi connectivity index (χ2n) is 7.71. The standard InChI is InChI=1S/C22H20O4S2/c1-22(2)13-18(23)21(26-16-6-9-19-15(12-16)10-11-27-19)20(22)14-4-7-17(8-5-14)28(3,24)25/h4-12H,13H2,1-3H3. The molecule has 0 N–H and O–H groups in total. The molecule has 2 aromatic carbocycles. The number of hydrogen-bond acceptors (Lipinski definition) is 5. The molecule has 0 fully saturated rings. The van der Waals surface area contributed by atoms with Gasteiger partial charge in [0.25, 0.3) is 0 Å². The fourth-order valence-electron chi connectivity index (χ4n) is 3.64. The van der Waals surface area contributed by atoms with E-state index in [2.05, 4.69) is 0 Å². The van der Waals surface area contributed by atoms with E-state index in [9.17, 15) is 13.2 Å². The van der Waals surface area contributed by atoms with Crippen LogP contribution in [0.15, 0.2) is 64.6 Å². The maximum Gasteiger partial charge on any atom is 0.199 e. The number of ether oxygens (including phenoxy) is 1. The number of carbonyl (C=O) groups excluding carboxylic acids is 1. The van der Waals surface area contributed by atoms with Crippen molar-refractivity contribution in [3.8, 4) is 5.75 Å². The third-order valence-corrected chi connectivity index (χ3v) is 7.00. The first-order valence-electron chi connectivity index (χ1n) is 8.89. The fraction of sp³-hybridized carbons (Fsp3) is 0.227. The van der Waals surface area contributed by atoms with Gasteiger partial charge in [0, 0.05) is 28.4 Å². The van der Waals surface area contributed by atoms with Crippen LogP contribution in [0.2, 0.25) is 0 Å². The minimum Gasteiger partial charge on any atom is -0.453 e. The first-order chi connectivity index (χ1) is 13.1. The number of hydrogen-bond donors (Lipinski definition) is 0. The molecule has 0 saturated carbocycles. The van der Waals surface area contributed by atoms with Gasteiger partial charge in [-0.3, -0.25) is 4.79 Å². The third-order valence-electron chi connectivity index (χ3n) is 4.97. The summed E-state index contributed by atoms with van der Waals surface area (Å²) in [6, 6.07) is 14.5. The van der Waals surface area contributed by atoms with Crippen LogP contribution in [0.5, 0.6) is 5.75 Å². The van der Waals surface area contributed by atoms with Gasteiger partial charge in [0.1, 0.15) is 5.75 Å². The molecule has 0 aliphatic heterocycles. The lowest BCUT2D eigenvalue weighted by Gasteiger charge is -2.22. The molecular formula is C22H20O4S2. The SMILES string of the molecule is CC1(C)CC(=O)C(Oc2ccc3sccc3c2)=C1c1ccc(S(C)(=O)=O)cc1. The zero-order valence-corrected chi connectivity index (χ0v) is 17.5. The Labute approximate surface area is 168 Å². The number of sulfone groups is 1. The second kappa shape index (κ2) is 6.57. The molecule has 1 aliphatic carbocycles. The number of Topliss-reactive ketones (excluding diaryl/α,β-unsaturated/α-hetero) is 1. The number of rotatable bonds is 4. The highest BCUT2D eigenvalue weighted by atomic mass is 32.2. The molecule has 144 valence electrons. The van der Waals surface area contributed by atoms with E-state index in [1.165, 1.54) is 6.26 Å². The number of carbonyl (C=O) groups is 1.